The van der Waals surface area contributed by atoms with Gasteiger partial charge in [0.25, 0.3) is 0 Å². The van der Waals surface area contributed by atoms with Crippen LogP contribution >= 0.6 is 11.3 Å². The highest BCUT2D eigenvalue weighted by atomic mass is 32.1. The molecular weight excluding hydrogens is 410 g/mol. The Balaban J connectivity index is 1.51. The number of hydrogen-bond acceptors (Lipinski definition) is 7. The molecule has 0 fully saturated rings. The van der Waals surface area contributed by atoms with Gasteiger partial charge in [-0.3, -0.25) is 4.98 Å². The number of nitrogens with zero attached hydrogens (tertiary/aromatic N) is 3. The summed E-state index contributed by atoms with van der Waals surface area (Å²) < 4.78 is 19.3. The molecule has 0 saturated heterocycles. The molecule has 1 unspecified atom stereocenters. The third-order valence-electron chi connectivity index (χ3n) is 5.07. The van der Waals surface area contributed by atoms with Crippen molar-refractivity contribution in [2.75, 3.05) is 33.9 Å². The van der Waals surface area contributed by atoms with Crippen LogP contribution in [0.3, 0.4) is 0 Å². The number of rotatable bonds is 6. The Labute approximate surface area is 185 Å². The maximum atomic E-state index is 6.18. The number of thiazole rings is 1. The molecule has 1 atom stereocenters. The Hall–Kier alpha value is -3.16. The van der Waals surface area contributed by atoms with E-state index in [1.807, 2.05) is 50.5 Å². The highest BCUT2D eigenvalue weighted by Gasteiger charge is 2.26. The topological polar surface area (TPSA) is 56.7 Å². The van der Waals surface area contributed by atoms with Gasteiger partial charge in [0, 0.05) is 18.9 Å². The molecule has 0 saturated carbocycles. The fourth-order valence-corrected chi connectivity index (χ4v) is 4.49. The zero-order chi connectivity index (χ0) is 21.2. The number of fused-ring (bicyclic) bond motifs is 2. The van der Waals surface area contributed by atoms with Gasteiger partial charge in [-0.25, -0.2) is 4.98 Å². The summed E-state index contributed by atoms with van der Waals surface area (Å²) in [6.07, 6.45) is 3.36. The molecule has 0 N–H and O–H groups in total. The van der Waals surface area contributed by atoms with E-state index < -0.39 is 0 Å². The van der Waals surface area contributed by atoms with E-state index in [-0.39, 0.29) is 6.10 Å². The van der Waals surface area contributed by atoms with E-state index in [0.29, 0.717) is 13.2 Å². The molecule has 31 heavy (non-hydrogen) atoms. The highest BCUT2D eigenvalue weighted by Crippen LogP contribution is 2.41. The molecule has 4 aromatic rings. The largest absolute Gasteiger partial charge is 0.490 e. The molecule has 0 amide bonds. The fraction of sp³-hybridized carbons (Fsp3) is 0.250. The van der Waals surface area contributed by atoms with Crippen LogP contribution in [0.5, 0.6) is 17.2 Å². The maximum absolute atomic E-state index is 6.18. The Kier molecular flexibility index (Phi) is 5.44. The van der Waals surface area contributed by atoms with Crippen LogP contribution in [-0.2, 0) is 0 Å². The third kappa shape index (κ3) is 4.19. The molecule has 7 heteroatoms. The van der Waals surface area contributed by atoms with Crippen molar-refractivity contribution in [3.63, 3.8) is 0 Å². The predicted octanol–water partition coefficient (Wildman–Crippen LogP) is 4.81. The lowest BCUT2D eigenvalue weighted by molar-refractivity contribution is 0.0912. The molecule has 3 heterocycles. The van der Waals surface area contributed by atoms with Crippen LogP contribution < -0.4 is 14.2 Å². The number of aromatic nitrogens is 2. The van der Waals surface area contributed by atoms with Gasteiger partial charge < -0.3 is 19.1 Å². The molecule has 2 aromatic carbocycles. The van der Waals surface area contributed by atoms with E-state index in [2.05, 4.69) is 22.0 Å². The van der Waals surface area contributed by atoms with Gasteiger partial charge in [0.15, 0.2) is 17.6 Å². The zero-order valence-corrected chi connectivity index (χ0v) is 18.3. The van der Waals surface area contributed by atoms with Crippen molar-refractivity contribution >= 4 is 21.6 Å². The van der Waals surface area contributed by atoms with E-state index >= 15 is 0 Å². The molecule has 0 radical (unpaired) electrons. The normalized spacial score (nSPS) is 15.4. The lowest BCUT2D eigenvalue weighted by Crippen LogP contribution is -2.21. The number of benzene rings is 2. The second kappa shape index (κ2) is 8.53. The van der Waals surface area contributed by atoms with Crippen molar-refractivity contribution in [2.45, 2.75) is 6.10 Å². The van der Waals surface area contributed by atoms with Crippen LogP contribution in [0.2, 0.25) is 0 Å². The summed E-state index contributed by atoms with van der Waals surface area (Å²) in [5.74, 6) is 2.30. The first-order valence-corrected chi connectivity index (χ1v) is 11.0. The average Bonchev–Trinajstić information content (AvgIpc) is 3.23. The van der Waals surface area contributed by atoms with E-state index in [1.54, 1.807) is 23.7 Å². The van der Waals surface area contributed by atoms with Crippen LogP contribution in [0.4, 0.5) is 0 Å². The van der Waals surface area contributed by atoms with Gasteiger partial charge in [-0.05, 0) is 61.6 Å². The molecule has 1 aliphatic heterocycles. The molecule has 1 aliphatic rings. The minimum absolute atomic E-state index is 0.244. The van der Waals surface area contributed by atoms with Crippen molar-refractivity contribution in [1.29, 1.82) is 0 Å². The molecule has 0 bridgehead atoms. The predicted molar refractivity (Wildman–Crippen MR) is 122 cm³/mol. The molecule has 0 aliphatic carbocycles. The SMILES string of the molecule is CN(C)CCOc1cc(-c2ccncc2)cc2sc(C3COc4ccccc4O3)nc12. The molecule has 5 rings (SSSR count). The maximum Gasteiger partial charge on any atom is 0.184 e. The van der Waals surface area contributed by atoms with Gasteiger partial charge in [0.05, 0.1) is 4.70 Å². The Morgan fingerprint density at radius 1 is 1.06 bits per heavy atom. The van der Waals surface area contributed by atoms with Gasteiger partial charge in [-0.2, -0.15) is 0 Å². The smallest absolute Gasteiger partial charge is 0.184 e. The average molecular weight is 434 g/mol. The summed E-state index contributed by atoms with van der Waals surface area (Å²) in [5.41, 5.74) is 3.03. The summed E-state index contributed by atoms with van der Waals surface area (Å²) in [7, 11) is 4.07. The molecular formula is C24H23N3O3S. The molecule has 158 valence electrons. The Morgan fingerprint density at radius 2 is 1.87 bits per heavy atom. The number of ether oxygens (including phenoxy) is 3. The first kappa shape index (κ1) is 19.8. The molecule has 2 aromatic heterocycles. The van der Waals surface area contributed by atoms with Crippen LogP contribution in [0.15, 0.2) is 60.9 Å². The number of para-hydroxylation sites is 2. The van der Waals surface area contributed by atoms with E-state index in [9.17, 15) is 0 Å². The second-order valence-corrected chi connectivity index (χ2v) is 8.69. The first-order chi connectivity index (χ1) is 15.2. The summed E-state index contributed by atoms with van der Waals surface area (Å²) >= 11 is 1.62. The molecule has 0 spiro atoms. The number of pyridine rings is 1. The second-order valence-electron chi connectivity index (χ2n) is 7.63. The van der Waals surface area contributed by atoms with Gasteiger partial charge >= 0.3 is 0 Å². The van der Waals surface area contributed by atoms with E-state index in [0.717, 1.165) is 50.1 Å². The number of hydrogen-bond donors (Lipinski definition) is 0. The van der Waals surface area contributed by atoms with Crippen LogP contribution in [-0.4, -0.2) is 48.7 Å². The standard InChI is InChI=1S/C24H23N3O3S/c1-27(2)11-12-28-20-13-17(16-7-9-25-10-8-16)14-22-23(20)26-24(31-22)21-15-29-18-5-3-4-6-19(18)30-21/h3-10,13-14,21H,11-12,15H2,1-2H3. The first-order valence-electron chi connectivity index (χ1n) is 10.2. The minimum atomic E-state index is -0.244. The molecule has 6 nitrogen and oxygen atoms in total. The lowest BCUT2D eigenvalue weighted by Gasteiger charge is -2.24. The van der Waals surface area contributed by atoms with Gasteiger partial charge in [0.2, 0.25) is 0 Å². The van der Waals surface area contributed by atoms with Crippen molar-refractivity contribution in [3.05, 3.63) is 65.9 Å². The summed E-state index contributed by atoms with van der Waals surface area (Å²) in [6.45, 7) is 1.85. The fourth-order valence-electron chi connectivity index (χ4n) is 3.45. The van der Waals surface area contributed by atoms with Crippen LogP contribution in [0.25, 0.3) is 21.3 Å². The van der Waals surface area contributed by atoms with Crippen LogP contribution in [0, 0.1) is 0 Å². The van der Waals surface area contributed by atoms with Crippen molar-refractivity contribution in [2.24, 2.45) is 0 Å². The van der Waals surface area contributed by atoms with E-state index in [4.69, 9.17) is 19.2 Å². The quantitative estimate of drug-likeness (QED) is 0.435. The number of likely N-dealkylation sites (N-methyl/N-ethyl adjacent to an activating group) is 1. The Morgan fingerprint density at radius 3 is 2.68 bits per heavy atom. The summed E-state index contributed by atoms with van der Waals surface area (Å²) in [6, 6.07) is 15.9. The van der Waals surface area contributed by atoms with Crippen molar-refractivity contribution in [1.82, 2.24) is 14.9 Å². The van der Waals surface area contributed by atoms with Gasteiger partial charge in [0.1, 0.15) is 29.5 Å². The zero-order valence-electron chi connectivity index (χ0n) is 17.4. The summed E-state index contributed by atoms with van der Waals surface area (Å²) in [5, 5.41) is 0.883. The minimum Gasteiger partial charge on any atom is -0.490 e. The van der Waals surface area contributed by atoms with E-state index in [1.165, 1.54) is 0 Å². The lowest BCUT2D eigenvalue weighted by atomic mass is 10.1. The van der Waals surface area contributed by atoms with Gasteiger partial charge in [-0.1, -0.05) is 12.1 Å². The summed E-state index contributed by atoms with van der Waals surface area (Å²) in [4.78, 5) is 11.1. The van der Waals surface area contributed by atoms with Crippen LogP contribution in [0.1, 0.15) is 11.1 Å². The van der Waals surface area contributed by atoms with Crippen molar-refractivity contribution in [3.8, 4) is 28.4 Å². The third-order valence-corrected chi connectivity index (χ3v) is 6.16. The van der Waals surface area contributed by atoms with Crippen molar-refractivity contribution < 1.29 is 14.2 Å². The highest BCUT2D eigenvalue weighted by molar-refractivity contribution is 7.18. The van der Waals surface area contributed by atoms with Gasteiger partial charge in [-0.15, -0.1) is 11.3 Å². The Bertz CT molecular complexity index is 1190. The monoisotopic (exact) mass is 433 g/mol.